The van der Waals surface area contributed by atoms with Crippen LogP contribution < -0.4 is 4.72 Å². The summed E-state index contributed by atoms with van der Waals surface area (Å²) < 4.78 is 29.5. The molecule has 3 aromatic rings. The second-order valence-corrected chi connectivity index (χ2v) is 8.86. The molecule has 0 amide bonds. The molecule has 0 bridgehead atoms. The summed E-state index contributed by atoms with van der Waals surface area (Å²) in [6, 6.07) is 12.9. The first kappa shape index (κ1) is 17.6. The average molecular weight is 357 g/mol. The third-order valence-electron chi connectivity index (χ3n) is 4.19. The highest BCUT2D eigenvalue weighted by molar-refractivity contribution is 7.89. The van der Waals surface area contributed by atoms with E-state index in [-0.39, 0.29) is 10.3 Å². The molecule has 2 aromatic heterocycles. The first-order chi connectivity index (χ1) is 11.8. The Balaban J connectivity index is 1.67. The summed E-state index contributed by atoms with van der Waals surface area (Å²) in [5, 5.41) is 0. The second kappa shape index (κ2) is 6.61. The van der Waals surface area contributed by atoms with Crippen molar-refractivity contribution < 1.29 is 8.42 Å². The molecule has 0 atom stereocenters. The fourth-order valence-corrected chi connectivity index (χ4v) is 3.73. The Morgan fingerprint density at radius 1 is 1.08 bits per heavy atom. The lowest BCUT2D eigenvalue weighted by molar-refractivity contribution is 0.577. The highest BCUT2D eigenvalue weighted by atomic mass is 32.2. The number of nitrogens with zero attached hydrogens (tertiary/aromatic N) is 2. The van der Waals surface area contributed by atoms with Crippen molar-refractivity contribution in [3.05, 3.63) is 66.2 Å². The van der Waals surface area contributed by atoms with Gasteiger partial charge in [0.1, 0.15) is 5.82 Å². The number of benzene rings is 1. The van der Waals surface area contributed by atoms with Crippen LogP contribution in [0, 0.1) is 0 Å². The van der Waals surface area contributed by atoms with E-state index < -0.39 is 10.0 Å². The lowest BCUT2D eigenvalue weighted by Crippen LogP contribution is -2.26. The number of nitrogens with one attached hydrogen (secondary N) is 1. The van der Waals surface area contributed by atoms with E-state index in [1.807, 2.05) is 40.9 Å². The van der Waals surface area contributed by atoms with Crippen molar-refractivity contribution in [1.82, 2.24) is 14.1 Å². The van der Waals surface area contributed by atoms with Crippen molar-refractivity contribution in [2.75, 3.05) is 6.54 Å². The quantitative estimate of drug-likeness (QED) is 0.763. The molecule has 0 aliphatic rings. The minimum absolute atomic E-state index is 0.00253. The van der Waals surface area contributed by atoms with E-state index in [1.54, 1.807) is 18.3 Å². The standard InChI is InChI=1S/C19H23N3O2S/c1-19(2,3)15-7-9-17(10-8-15)25(23,24)21-12-11-18-20-14-16-6-4-5-13-22(16)18/h4-10,13-14,21H,11-12H2,1-3H3. The van der Waals surface area contributed by atoms with Crippen molar-refractivity contribution >= 4 is 15.5 Å². The molecular formula is C19H23N3O2S. The Morgan fingerprint density at radius 2 is 1.80 bits per heavy atom. The highest BCUT2D eigenvalue weighted by Crippen LogP contribution is 2.23. The Morgan fingerprint density at radius 3 is 2.48 bits per heavy atom. The Bertz CT molecular complexity index is 968. The molecule has 5 nitrogen and oxygen atoms in total. The molecule has 0 saturated carbocycles. The van der Waals surface area contributed by atoms with Gasteiger partial charge in [-0.05, 0) is 35.2 Å². The van der Waals surface area contributed by atoms with E-state index in [0.717, 1.165) is 16.9 Å². The smallest absolute Gasteiger partial charge is 0.240 e. The summed E-state index contributed by atoms with van der Waals surface area (Å²) in [6.45, 7) is 6.61. The SMILES string of the molecule is CC(C)(C)c1ccc(S(=O)(=O)NCCc2ncc3ccccn23)cc1. The van der Waals surface area contributed by atoms with Crippen molar-refractivity contribution in [2.45, 2.75) is 37.5 Å². The van der Waals surface area contributed by atoms with Gasteiger partial charge in [-0.1, -0.05) is 39.0 Å². The van der Waals surface area contributed by atoms with Gasteiger partial charge in [-0.25, -0.2) is 18.1 Å². The van der Waals surface area contributed by atoms with Crippen LogP contribution in [-0.4, -0.2) is 24.3 Å². The first-order valence-electron chi connectivity index (χ1n) is 8.28. The molecular weight excluding hydrogens is 334 g/mol. The molecule has 0 aliphatic carbocycles. The fourth-order valence-electron chi connectivity index (χ4n) is 2.70. The lowest BCUT2D eigenvalue weighted by Gasteiger charge is -2.19. The number of rotatable bonds is 5. The maximum absolute atomic E-state index is 12.4. The van der Waals surface area contributed by atoms with E-state index in [1.165, 1.54) is 0 Å². The molecule has 3 rings (SSSR count). The van der Waals surface area contributed by atoms with Crippen LogP contribution in [-0.2, 0) is 21.9 Å². The molecule has 6 heteroatoms. The van der Waals surface area contributed by atoms with Gasteiger partial charge < -0.3 is 4.40 Å². The summed E-state index contributed by atoms with van der Waals surface area (Å²) in [6.07, 6.45) is 4.24. The first-order valence-corrected chi connectivity index (χ1v) is 9.77. The number of pyridine rings is 1. The maximum Gasteiger partial charge on any atom is 0.240 e. The number of hydrogen-bond acceptors (Lipinski definition) is 3. The number of hydrogen-bond donors (Lipinski definition) is 1. The van der Waals surface area contributed by atoms with Gasteiger partial charge in [-0.15, -0.1) is 0 Å². The summed E-state index contributed by atoms with van der Waals surface area (Å²) in [4.78, 5) is 4.64. The molecule has 0 fully saturated rings. The van der Waals surface area contributed by atoms with Crippen molar-refractivity contribution in [1.29, 1.82) is 0 Å². The van der Waals surface area contributed by atoms with E-state index in [9.17, 15) is 8.42 Å². The van der Waals surface area contributed by atoms with Gasteiger partial charge in [-0.3, -0.25) is 0 Å². The number of fused-ring (bicyclic) bond motifs is 1. The van der Waals surface area contributed by atoms with E-state index in [4.69, 9.17) is 0 Å². The molecule has 2 heterocycles. The number of imidazole rings is 1. The number of aromatic nitrogens is 2. The van der Waals surface area contributed by atoms with Crippen LogP contribution in [0.25, 0.3) is 5.52 Å². The summed E-state index contributed by atoms with van der Waals surface area (Å²) in [5.74, 6) is 0.835. The monoisotopic (exact) mass is 357 g/mol. The summed E-state index contributed by atoms with van der Waals surface area (Å²) in [5.41, 5.74) is 2.10. The summed E-state index contributed by atoms with van der Waals surface area (Å²) >= 11 is 0. The molecule has 0 spiro atoms. The van der Waals surface area contributed by atoms with Crippen LogP contribution >= 0.6 is 0 Å². The van der Waals surface area contributed by atoms with Gasteiger partial charge in [0.2, 0.25) is 10.0 Å². The Hall–Kier alpha value is -2.18. The zero-order chi connectivity index (χ0) is 18.1. The van der Waals surface area contributed by atoms with Gasteiger partial charge in [0, 0.05) is 19.2 Å². The van der Waals surface area contributed by atoms with Crippen molar-refractivity contribution in [3.63, 3.8) is 0 Å². The average Bonchev–Trinajstić information content (AvgIpc) is 2.97. The lowest BCUT2D eigenvalue weighted by atomic mass is 9.87. The van der Waals surface area contributed by atoms with E-state index in [0.29, 0.717) is 13.0 Å². The van der Waals surface area contributed by atoms with Crippen LogP contribution in [0.1, 0.15) is 32.2 Å². The van der Waals surface area contributed by atoms with Crippen LogP contribution in [0.3, 0.4) is 0 Å². The molecule has 1 N–H and O–H groups in total. The van der Waals surface area contributed by atoms with Crippen molar-refractivity contribution in [2.24, 2.45) is 0 Å². The van der Waals surface area contributed by atoms with Crippen LogP contribution in [0.2, 0.25) is 0 Å². The van der Waals surface area contributed by atoms with Crippen LogP contribution in [0.15, 0.2) is 59.8 Å². The minimum Gasteiger partial charge on any atom is -0.304 e. The highest BCUT2D eigenvalue weighted by Gasteiger charge is 2.17. The molecule has 25 heavy (non-hydrogen) atoms. The second-order valence-electron chi connectivity index (χ2n) is 7.09. The summed E-state index contributed by atoms with van der Waals surface area (Å²) in [7, 11) is -3.52. The normalized spacial score (nSPS) is 12.6. The van der Waals surface area contributed by atoms with Crippen LogP contribution in [0.4, 0.5) is 0 Å². The van der Waals surface area contributed by atoms with E-state index >= 15 is 0 Å². The van der Waals surface area contributed by atoms with Crippen LogP contribution in [0.5, 0.6) is 0 Å². The maximum atomic E-state index is 12.4. The van der Waals surface area contributed by atoms with Gasteiger partial charge in [0.15, 0.2) is 0 Å². The fraction of sp³-hybridized carbons (Fsp3) is 0.316. The van der Waals surface area contributed by atoms with Gasteiger partial charge in [0.05, 0.1) is 16.6 Å². The molecule has 0 unspecified atom stereocenters. The Labute approximate surface area is 148 Å². The Kier molecular flexibility index (Phi) is 4.67. The van der Waals surface area contributed by atoms with Crippen molar-refractivity contribution in [3.8, 4) is 0 Å². The molecule has 0 saturated heterocycles. The minimum atomic E-state index is -3.52. The molecule has 0 radical (unpaired) electrons. The molecule has 0 aliphatic heterocycles. The predicted octanol–water partition coefficient (Wildman–Crippen LogP) is 3.15. The zero-order valence-corrected chi connectivity index (χ0v) is 15.5. The van der Waals surface area contributed by atoms with Gasteiger partial charge in [-0.2, -0.15) is 0 Å². The van der Waals surface area contributed by atoms with Gasteiger partial charge in [0.25, 0.3) is 0 Å². The third-order valence-corrected chi connectivity index (χ3v) is 5.66. The molecule has 132 valence electrons. The molecule has 1 aromatic carbocycles. The topological polar surface area (TPSA) is 63.5 Å². The predicted molar refractivity (Wildman–Crippen MR) is 99.2 cm³/mol. The van der Waals surface area contributed by atoms with E-state index in [2.05, 4.69) is 30.5 Å². The third kappa shape index (κ3) is 3.91. The number of sulfonamides is 1. The zero-order valence-electron chi connectivity index (χ0n) is 14.7. The van der Waals surface area contributed by atoms with Gasteiger partial charge >= 0.3 is 0 Å². The largest absolute Gasteiger partial charge is 0.304 e.